The second-order valence-electron chi connectivity index (χ2n) is 9.38. The van der Waals surface area contributed by atoms with Crippen LogP contribution in [0.2, 0.25) is 0 Å². The standard InChI is InChI=1S/C27H48O9/c1-2-3-4-5-6-7-8-9-10-11-12-13-14-15-16-17-23(30)34-19-21(29)20-35-27-26(33)25(32)24(31)22(18-28)36-27/h9-10,16-17,21-22,24-29,31-33H,2-8,11-15,18-20H2,1H3/t21-,22-,24-,25+,26-,27-/m1/s1. The Morgan fingerprint density at radius 1 is 0.833 bits per heavy atom. The molecule has 1 fully saturated rings. The summed E-state index contributed by atoms with van der Waals surface area (Å²) < 4.78 is 15.4. The van der Waals surface area contributed by atoms with Crippen LogP contribution in [0.1, 0.15) is 84.0 Å². The van der Waals surface area contributed by atoms with Gasteiger partial charge in [0.1, 0.15) is 37.1 Å². The van der Waals surface area contributed by atoms with Gasteiger partial charge in [0.15, 0.2) is 6.29 Å². The molecule has 0 unspecified atom stereocenters. The smallest absolute Gasteiger partial charge is 0.330 e. The highest BCUT2D eigenvalue weighted by atomic mass is 16.7. The summed E-state index contributed by atoms with van der Waals surface area (Å²) in [6, 6.07) is 0. The van der Waals surface area contributed by atoms with E-state index in [-0.39, 0.29) is 13.2 Å². The van der Waals surface area contributed by atoms with E-state index in [0.29, 0.717) is 0 Å². The third-order valence-electron chi connectivity index (χ3n) is 6.11. The molecule has 1 saturated heterocycles. The van der Waals surface area contributed by atoms with Crippen molar-refractivity contribution in [2.75, 3.05) is 19.8 Å². The van der Waals surface area contributed by atoms with Gasteiger partial charge in [-0.2, -0.15) is 0 Å². The number of carbonyl (C=O) groups excluding carboxylic acids is 1. The van der Waals surface area contributed by atoms with Crippen molar-refractivity contribution in [2.24, 2.45) is 0 Å². The molecule has 6 atom stereocenters. The molecule has 5 N–H and O–H groups in total. The Morgan fingerprint density at radius 2 is 1.42 bits per heavy atom. The molecule has 1 aliphatic heterocycles. The van der Waals surface area contributed by atoms with E-state index < -0.39 is 49.4 Å². The van der Waals surface area contributed by atoms with Crippen LogP contribution in [0.3, 0.4) is 0 Å². The van der Waals surface area contributed by atoms with Crippen LogP contribution in [0.25, 0.3) is 0 Å². The predicted molar refractivity (Wildman–Crippen MR) is 136 cm³/mol. The molecule has 0 bridgehead atoms. The van der Waals surface area contributed by atoms with E-state index in [2.05, 4.69) is 19.1 Å². The number of hydrogen-bond donors (Lipinski definition) is 5. The monoisotopic (exact) mass is 516 g/mol. The van der Waals surface area contributed by atoms with Gasteiger partial charge >= 0.3 is 5.97 Å². The quantitative estimate of drug-likeness (QED) is 0.0713. The van der Waals surface area contributed by atoms with E-state index in [4.69, 9.17) is 19.3 Å². The van der Waals surface area contributed by atoms with Crippen molar-refractivity contribution >= 4 is 5.97 Å². The first-order chi connectivity index (χ1) is 17.4. The molecule has 1 aliphatic rings. The molecule has 9 heteroatoms. The van der Waals surface area contributed by atoms with E-state index >= 15 is 0 Å². The second-order valence-corrected chi connectivity index (χ2v) is 9.38. The minimum Gasteiger partial charge on any atom is -0.460 e. The minimum atomic E-state index is -1.56. The van der Waals surface area contributed by atoms with Crippen molar-refractivity contribution in [2.45, 2.75) is 121 Å². The normalized spacial score (nSPS) is 25.6. The predicted octanol–water partition coefficient (Wildman–Crippen LogP) is 2.52. The van der Waals surface area contributed by atoms with Crippen molar-refractivity contribution in [1.82, 2.24) is 0 Å². The molecule has 0 spiro atoms. The Labute approximate surface area is 215 Å². The van der Waals surface area contributed by atoms with Gasteiger partial charge in [-0.25, -0.2) is 4.79 Å². The lowest BCUT2D eigenvalue weighted by atomic mass is 9.99. The summed E-state index contributed by atoms with van der Waals surface area (Å²) in [6.07, 6.45) is 13.6. The average Bonchev–Trinajstić information content (AvgIpc) is 2.88. The number of aliphatic hydroxyl groups excluding tert-OH is 5. The van der Waals surface area contributed by atoms with Crippen LogP contribution in [0.15, 0.2) is 24.3 Å². The molecule has 0 amide bonds. The number of rotatable bonds is 20. The largest absolute Gasteiger partial charge is 0.460 e. The number of allylic oxidation sites excluding steroid dienone is 3. The van der Waals surface area contributed by atoms with E-state index in [1.165, 1.54) is 51.0 Å². The molecular weight excluding hydrogens is 468 g/mol. The van der Waals surface area contributed by atoms with Crippen molar-refractivity contribution < 1.29 is 44.5 Å². The Morgan fingerprint density at radius 3 is 2.06 bits per heavy atom. The van der Waals surface area contributed by atoms with Crippen molar-refractivity contribution in [1.29, 1.82) is 0 Å². The highest BCUT2D eigenvalue weighted by Crippen LogP contribution is 2.22. The number of unbranched alkanes of at least 4 members (excludes halogenated alkanes) is 10. The SMILES string of the molecule is CCCCCCCCC=CCCCCCC=CC(=O)OC[C@@H](O)CO[C@@H]1O[C@H](CO)[C@@H](O)[C@H](O)[C@H]1O. The van der Waals surface area contributed by atoms with Crippen LogP contribution in [-0.2, 0) is 19.0 Å². The third kappa shape index (κ3) is 14.4. The van der Waals surface area contributed by atoms with Gasteiger partial charge in [-0.3, -0.25) is 0 Å². The lowest BCUT2D eigenvalue weighted by Crippen LogP contribution is -2.59. The maximum absolute atomic E-state index is 11.8. The fourth-order valence-electron chi connectivity index (χ4n) is 3.84. The minimum absolute atomic E-state index is 0.314. The zero-order chi connectivity index (χ0) is 26.6. The van der Waals surface area contributed by atoms with E-state index in [1.54, 1.807) is 6.08 Å². The van der Waals surface area contributed by atoms with Crippen LogP contribution in [0.4, 0.5) is 0 Å². The maximum atomic E-state index is 11.8. The van der Waals surface area contributed by atoms with Gasteiger partial charge in [-0.05, 0) is 38.5 Å². The van der Waals surface area contributed by atoms with Gasteiger partial charge in [-0.1, -0.05) is 63.7 Å². The summed E-state index contributed by atoms with van der Waals surface area (Å²) in [5.41, 5.74) is 0. The molecule has 0 aromatic rings. The Bertz CT molecular complexity index is 608. The first-order valence-corrected chi connectivity index (χ1v) is 13.5. The molecule has 0 aliphatic carbocycles. The van der Waals surface area contributed by atoms with Crippen molar-refractivity contribution in [3.05, 3.63) is 24.3 Å². The molecule has 0 radical (unpaired) electrons. The summed E-state index contributed by atoms with van der Waals surface area (Å²) in [5.74, 6) is -0.570. The highest BCUT2D eigenvalue weighted by molar-refractivity contribution is 5.81. The van der Waals surface area contributed by atoms with Gasteiger partial charge in [0.2, 0.25) is 0 Å². The van der Waals surface area contributed by atoms with Gasteiger partial charge in [-0.15, -0.1) is 0 Å². The fourth-order valence-corrected chi connectivity index (χ4v) is 3.84. The van der Waals surface area contributed by atoms with Gasteiger partial charge in [0.05, 0.1) is 13.2 Å². The topological polar surface area (TPSA) is 146 Å². The van der Waals surface area contributed by atoms with Crippen LogP contribution in [0.5, 0.6) is 0 Å². The fraction of sp³-hybridized carbons (Fsp3) is 0.815. The number of esters is 1. The number of aliphatic hydroxyl groups is 5. The Hall–Kier alpha value is -1.33. The van der Waals surface area contributed by atoms with E-state index in [9.17, 15) is 25.2 Å². The molecule has 210 valence electrons. The molecule has 0 aromatic carbocycles. The molecule has 1 heterocycles. The summed E-state index contributed by atoms with van der Waals surface area (Å²) in [4.78, 5) is 11.8. The average molecular weight is 517 g/mol. The first-order valence-electron chi connectivity index (χ1n) is 13.5. The van der Waals surface area contributed by atoms with Crippen LogP contribution >= 0.6 is 0 Å². The lowest BCUT2D eigenvalue weighted by molar-refractivity contribution is -0.304. The zero-order valence-corrected chi connectivity index (χ0v) is 21.7. The lowest BCUT2D eigenvalue weighted by Gasteiger charge is -2.39. The van der Waals surface area contributed by atoms with Crippen LogP contribution in [0, 0.1) is 0 Å². The van der Waals surface area contributed by atoms with Gasteiger partial charge < -0.3 is 39.7 Å². The molecule has 36 heavy (non-hydrogen) atoms. The number of hydrogen-bond acceptors (Lipinski definition) is 9. The molecule has 0 saturated carbocycles. The third-order valence-corrected chi connectivity index (χ3v) is 6.11. The van der Waals surface area contributed by atoms with Crippen LogP contribution in [-0.4, -0.2) is 88.1 Å². The molecule has 1 rings (SSSR count). The van der Waals surface area contributed by atoms with E-state index in [0.717, 1.165) is 32.1 Å². The number of ether oxygens (including phenoxy) is 3. The Kier molecular flexibility index (Phi) is 18.8. The Balaban J connectivity index is 2.03. The summed E-state index contributed by atoms with van der Waals surface area (Å²) in [5, 5.41) is 48.4. The first kappa shape index (κ1) is 32.7. The second kappa shape index (κ2) is 20.7. The molecular formula is C27H48O9. The van der Waals surface area contributed by atoms with Crippen molar-refractivity contribution in [3.63, 3.8) is 0 Å². The maximum Gasteiger partial charge on any atom is 0.330 e. The van der Waals surface area contributed by atoms with Crippen molar-refractivity contribution in [3.8, 4) is 0 Å². The van der Waals surface area contributed by atoms with Gasteiger partial charge in [0.25, 0.3) is 0 Å². The van der Waals surface area contributed by atoms with E-state index in [1.807, 2.05) is 0 Å². The summed E-state index contributed by atoms with van der Waals surface area (Å²) in [7, 11) is 0. The summed E-state index contributed by atoms with van der Waals surface area (Å²) in [6.45, 7) is 1.01. The summed E-state index contributed by atoms with van der Waals surface area (Å²) >= 11 is 0. The zero-order valence-electron chi connectivity index (χ0n) is 21.7. The van der Waals surface area contributed by atoms with Gasteiger partial charge in [0, 0.05) is 6.08 Å². The van der Waals surface area contributed by atoms with Crippen LogP contribution < -0.4 is 0 Å². The molecule has 9 nitrogen and oxygen atoms in total. The highest BCUT2D eigenvalue weighted by Gasteiger charge is 2.44. The molecule has 0 aromatic heterocycles. The number of carbonyl (C=O) groups is 1.